The third-order valence-corrected chi connectivity index (χ3v) is 6.49. The predicted molar refractivity (Wildman–Crippen MR) is 129 cm³/mol. The maximum Gasteiger partial charge on any atom is 0.274 e. The number of nitrogens with one attached hydrogen (secondary N) is 2. The highest BCUT2D eigenvalue weighted by molar-refractivity contribution is 9.10. The summed E-state index contributed by atoms with van der Waals surface area (Å²) in [4.78, 5) is 31.0. The van der Waals surface area contributed by atoms with Crippen molar-refractivity contribution >= 4 is 50.5 Å². The van der Waals surface area contributed by atoms with Crippen LogP contribution in [0.4, 0.5) is 5.69 Å². The molecule has 174 valence electrons. The van der Waals surface area contributed by atoms with Crippen molar-refractivity contribution in [3.8, 4) is 11.7 Å². The average molecular weight is 545 g/mol. The molecule has 1 saturated carbocycles. The number of fused-ring (bicyclic) bond motifs is 1. The molecule has 4 aromatic rings. The Bertz CT molecular complexity index is 1440. The lowest BCUT2D eigenvalue weighted by Crippen LogP contribution is -2.36. The van der Waals surface area contributed by atoms with Crippen molar-refractivity contribution in [2.75, 3.05) is 12.4 Å². The zero-order chi connectivity index (χ0) is 24.0. The van der Waals surface area contributed by atoms with Gasteiger partial charge in [-0.2, -0.15) is 5.10 Å². The number of carbonyl (C=O) groups is 2. The van der Waals surface area contributed by atoms with Gasteiger partial charge in [-0.25, -0.2) is 14.2 Å². The van der Waals surface area contributed by atoms with Crippen LogP contribution in [0.2, 0.25) is 5.02 Å². The minimum absolute atomic E-state index is 0.116. The number of carbonyl (C=O) groups excluding carboxylic acids is 2. The molecule has 4 aromatic heterocycles. The number of hydrogen-bond acceptors (Lipinski definition) is 6. The summed E-state index contributed by atoms with van der Waals surface area (Å²) in [5.41, 5.74) is 1.02. The van der Waals surface area contributed by atoms with Gasteiger partial charge in [-0.15, -0.1) is 5.10 Å². The van der Waals surface area contributed by atoms with Crippen molar-refractivity contribution in [1.82, 2.24) is 29.7 Å². The highest BCUT2D eigenvalue weighted by atomic mass is 79.9. The number of aromatic nitrogens is 5. The third kappa shape index (κ3) is 4.01. The van der Waals surface area contributed by atoms with E-state index in [1.54, 1.807) is 36.7 Å². The molecular weight excluding hydrogens is 526 g/mol. The molecule has 0 radical (unpaired) electrons. The number of pyridine rings is 2. The normalized spacial score (nSPS) is 14.1. The van der Waals surface area contributed by atoms with E-state index in [9.17, 15) is 9.59 Å². The second-order valence-corrected chi connectivity index (χ2v) is 9.41. The van der Waals surface area contributed by atoms with E-state index < -0.39 is 5.91 Å². The molecule has 0 aliphatic heterocycles. The fourth-order valence-electron chi connectivity index (χ4n) is 3.50. The van der Waals surface area contributed by atoms with Gasteiger partial charge in [-0.3, -0.25) is 9.59 Å². The molecule has 0 spiro atoms. The average Bonchev–Trinajstić information content (AvgIpc) is 3.19. The number of rotatable bonds is 6. The van der Waals surface area contributed by atoms with E-state index in [-0.39, 0.29) is 40.2 Å². The molecule has 2 N–H and O–H groups in total. The highest BCUT2D eigenvalue weighted by Crippen LogP contribution is 2.36. The summed E-state index contributed by atoms with van der Waals surface area (Å²) in [5.74, 6) is -0.424. The van der Waals surface area contributed by atoms with Gasteiger partial charge in [0.15, 0.2) is 11.5 Å². The molecule has 2 amide bonds. The van der Waals surface area contributed by atoms with Gasteiger partial charge in [-0.1, -0.05) is 11.6 Å². The van der Waals surface area contributed by atoms with Crippen LogP contribution < -0.4 is 15.4 Å². The lowest BCUT2D eigenvalue weighted by Gasteiger charge is -2.17. The highest BCUT2D eigenvalue weighted by Gasteiger charge is 2.40. The number of nitrogens with zero attached hydrogens (tertiary/aromatic N) is 5. The van der Waals surface area contributed by atoms with Crippen LogP contribution in [0.1, 0.15) is 40.7 Å². The van der Waals surface area contributed by atoms with Crippen molar-refractivity contribution in [2.45, 2.75) is 25.3 Å². The molecule has 10 nitrogen and oxygen atoms in total. The molecule has 0 aromatic carbocycles. The Balaban J connectivity index is 1.58. The van der Waals surface area contributed by atoms with Crippen LogP contribution in [0.5, 0.6) is 5.88 Å². The number of hydrogen-bond donors (Lipinski definition) is 2. The van der Waals surface area contributed by atoms with E-state index in [1.165, 1.54) is 22.4 Å². The zero-order valence-corrected chi connectivity index (χ0v) is 20.5. The Hall–Kier alpha value is -3.44. The Morgan fingerprint density at radius 1 is 1.21 bits per heavy atom. The number of amides is 2. The summed E-state index contributed by atoms with van der Waals surface area (Å²) in [6, 6.07) is 8.32. The van der Waals surface area contributed by atoms with Crippen LogP contribution in [-0.2, 0) is 0 Å². The smallest absolute Gasteiger partial charge is 0.274 e. The molecule has 0 bridgehead atoms. The summed E-state index contributed by atoms with van der Waals surface area (Å²) in [6.07, 6.45) is 4.91. The molecule has 12 heteroatoms. The Morgan fingerprint density at radius 2 is 2.00 bits per heavy atom. The fourth-order valence-corrected chi connectivity index (χ4v) is 4.22. The van der Waals surface area contributed by atoms with Crippen molar-refractivity contribution in [2.24, 2.45) is 0 Å². The van der Waals surface area contributed by atoms with Gasteiger partial charge in [-0.05, 0) is 60.0 Å². The minimum atomic E-state index is -0.545. The van der Waals surface area contributed by atoms with Crippen LogP contribution in [0.3, 0.4) is 0 Å². The van der Waals surface area contributed by atoms with Gasteiger partial charge in [0, 0.05) is 22.3 Å². The second kappa shape index (κ2) is 8.41. The summed E-state index contributed by atoms with van der Waals surface area (Å²) >= 11 is 9.79. The largest absolute Gasteiger partial charge is 0.480 e. The van der Waals surface area contributed by atoms with Crippen LogP contribution >= 0.6 is 27.5 Å². The van der Waals surface area contributed by atoms with Crippen molar-refractivity contribution in [1.29, 1.82) is 0 Å². The minimum Gasteiger partial charge on any atom is -0.480 e. The third-order valence-electron chi connectivity index (χ3n) is 5.57. The first-order valence-corrected chi connectivity index (χ1v) is 11.5. The maximum atomic E-state index is 13.5. The standard InChI is InChI=1S/C22H19BrClN7O3/c1-22(6-7-22)28-21(33)18-17(13(23)10-12-5-9-26-30(12)18)27-20(32)15-11-16(34-2)29-31(15)19-14(24)4-3-8-25-19/h3-5,8-11H,6-7H2,1-2H3,(H,27,32)(H,28,33). The van der Waals surface area contributed by atoms with Gasteiger partial charge < -0.3 is 15.4 Å². The van der Waals surface area contributed by atoms with Crippen molar-refractivity contribution in [3.05, 3.63) is 63.6 Å². The maximum absolute atomic E-state index is 13.5. The van der Waals surface area contributed by atoms with Crippen LogP contribution in [0.15, 0.2) is 47.2 Å². The lowest BCUT2D eigenvalue weighted by atomic mass is 10.2. The zero-order valence-electron chi connectivity index (χ0n) is 18.2. The number of methoxy groups -OCH3 is 1. The summed E-state index contributed by atoms with van der Waals surface area (Å²) in [7, 11) is 1.44. The number of anilines is 1. The first kappa shape index (κ1) is 22.4. The first-order chi connectivity index (χ1) is 16.3. The summed E-state index contributed by atoms with van der Waals surface area (Å²) in [6.45, 7) is 1.98. The quantitative estimate of drug-likeness (QED) is 0.381. The van der Waals surface area contributed by atoms with Crippen molar-refractivity contribution < 1.29 is 14.3 Å². The second-order valence-electron chi connectivity index (χ2n) is 8.15. The van der Waals surface area contributed by atoms with Gasteiger partial charge in [0.2, 0.25) is 5.88 Å². The Labute approximate surface area is 207 Å². The number of halogens is 2. The molecule has 1 fully saturated rings. The fraction of sp³-hybridized carbons (Fsp3) is 0.227. The van der Waals surface area contributed by atoms with Gasteiger partial charge in [0.25, 0.3) is 11.8 Å². The molecule has 1 aliphatic carbocycles. The monoisotopic (exact) mass is 543 g/mol. The molecule has 1 aliphatic rings. The van der Waals surface area contributed by atoms with Crippen LogP contribution in [-0.4, -0.2) is 48.8 Å². The molecule has 34 heavy (non-hydrogen) atoms. The molecule has 0 unspecified atom stereocenters. The van der Waals surface area contributed by atoms with E-state index in [2.05, 4.69) is 41.7 Å². The van der Waals surface area contributed by atoms with E-state index in [4.69, 9.17) is 16.3 Å². The topological polar surface area (TPSA) is 115 Å². The summed E-state index contributed by atoms with van der Waals surface area (Å²) in [5, 5.41) is 14.7. The van der Waals surface area contributed by atoms with Gasteiger partial charge >= 0.3 is 0 Å². The van der Waals surface area contributed by atoms with E-state index in [1.807, 2.05) is 6.92 Å². The molecule has 0 saturated heterocycles. The molecular formula is C22H19BrClN7O3. The molecule has 5 rings (SSSR count). The van der Waals surface area contributed by atoms with Crippen LogP contribution in [0, 0.1) is 0 Å². The van der Waals surface area contributed by atoms with Crippen molar-refractivity contribution in [3.63, 3.8) is 0 Å². The molecule has 4 heterocycles. The van der Waals surface area contributed by atoms with Crippen LogP contribution in [0.25, 0.3) is 11.3 Å². The van der Waals surface area contributed by atoms with E-state index in [0.29, 0.717) is 15.0 Å². The van der Waals surface area contributed by atoms with E-state index >= 15 is 0 Å². The Morgan fingerprint density at radius 3 is 2.71 bits per heavy atom. The lowest BCUT2D eigenvalue weighted by molar-refractivity contribution is 0.0929. The predicted octanol–water partition coefficient (Wildman–Crippen LogP) is 3.87. The van der Waals surface area contributed by atoms with Gasteiger partial charge in [0.05, 0.1) is 29.5 Å². The summed E-state index contributed by atoms with van der Waals surface area (Å²) < 4.78 is 8.53. The SMILES string of the molecule is COc1cc(C(=O)Nc2c(Br)cc3ccnn3c2C(=O)NC2(C)CC2)n(-c2ncccc2Cl)n1. The Kier molecular flexibility index (Phi) is 5.53. The van der Waals surface area contributed by atoms with E-state index in [0.717, 1.165) is 12.8 Å². The number of ether oxygens (including phenoxy) is 1. The van der Waals surface area contributed by atoms with Gasteiger partial charge in [0.1, 0.15) is 5.69 Å². The first-order valence-electron chi connectivity index (χ1n) is 10.3. The molecule has 0 atom stereocenters.